The zero-order valence-electron chi connectivity index (χ0n) is 11.8. The highest BCUT2D eigenvalue weighted by Gasteiger charge is 2.20. The van der Waals surface area contributed by atoms with Crippen molar-refractivity contribution in [3.05, 3.63) is 64.7 Å². The summed E-state index contributed by atoms with van der Waals surface area (Å²) in [4.78, 5) is 6.92. The number of fused-ring (bicyclic) bond motifs is 1. The third-order valence-corrected chi connectivity index (χ3v) is 4.10. The Morgan fingerprint density at radius 1 is 1.14 bits per heavy atom. The standard InChI is InChI=1S/C17H16Cl2N2/c1-21-11-14(19)10-20-17(12-5-3-2-4-6-12)15-9-13(18)7-8-16(15)21/h2-9,14H,10-11H2,1H3/b20-17-. The largest absolute Gasteiger partial charge is 0.372 e. The van der Waals surface area contributed by atoms with Crippen LogP contribution in [0, 0.1) is 0 Å². The Morgan fingerprint density at radius 2 is 1.90 bits per heavy atom. The Hall–Kier alpha value is -1.51. The number of rotatable bonds is 1. The van der Waals surface area contributed by atoms with Crippen LogP contribution in [0.25, 0.3) is 0 Å². The van der Waals surface area contributed by atoms with E-state index < -0.39 is 0 Å². The normalized spacial score (nSPS) is 21.0. The zero-order valence-corrected chi connectivity index (χ0v) is 13.3. The number of hydrogen-bond acceptors (Lipinski definition) is 2. The minimum atomic E-state index is -0.00228. The summed E-state index contributed by atoms with van der Waals surface area (Å²) < 4.78 is 0. The highest BCUT2D eigenvalue weighted by Crippen LogP contribution is 2.28. The Balaban J connectivity index is 2.19. The van der Waals surface area contributed by atoms with Crippen LogP contribution < -0.4 is 4.90 Å². The molecule has 1 unspecified atom stereocenters. The minimum Gasteiger partial charge on any atom is -0.372 e. The predicted octanol–water partition coefficient (Wildman–Crippen LogP) is 4.23. The lowest BCUT2D eigenvalue weighted by Gasteiger charge is -2.27. The van der Waals surface area contributed by atoms with E-state index in [1.807, 2.05) is 36.4 Å². The van der Waals surface area contributed by atoms with Crippen molar-refractivity contribution in [3.63, 3.8) is 0 Å². The molecule has 0 spiro atoms. The van der Waals surface area contributed by atoms with E-state index in [1.165, 1.54) is 0 Å². The quantitative estimate of drug-likeness (QED) is 0.718. The summed E-state index contributed by atoms with van der Waals surface area (Å²) in [5.41, 5.74) is 4.19. The maximum Gasteiger partial charge on any atom is 0.0740 e. The van der Waals surface area contributed by atoms with E-state index in [0.29, 0.717) is 11.6 Å². The van der Waals surface area contributed by atoms with Gasteiger partial charge >= 0.3 is 0 Å². The number of benzene rings is 2. The smallest absolute Gasteiger partial charge is 0.0740 e. The van der Waals surface area contributed by atoms with Gasteiger partial charge < -0.3 is 4.90 Å². The molecular weight excluding hydrogens is 303 g/mol. The molecule has 2 nitrogen and oxygen atoms in total. The average Bonchev–Trinajstić information content (AvgIpc) is 2.47. The van der Waals surface area contributed by atoms with Crippen molar-refractivity contribution in [3.8, 4) is 0 Å². The van der Waals surface area contributed by atoms with E-state index in [4.69, 9.17) is 28.2 Å². The van der Waals surface area contributed by atoms with Crippen LogP contribution in [0.1, 0.15) is 11.1 Å². The van der Waals surface area contributed by atoms with Crippen molar-refractivity contribution in [2.45, 2.75) is 5.38 Å². The molecule has 1 atom stereocenters. The van der Waals surface area contributed by atoms with Gasteiger partial charge in [-0.25, -0.2) is 0 Å². The van der Waals surface area contributed by atoms with Crippen LogP contribution in [0.5, 0.6) is 0 Å². The number of hydrogen-bond donors (Lipinski definition) is 0. The van der Waals surface area contributed by atoms with Gasteiger partial charge in [0, 0.05) is 35.4 Å². The summed E-state index contributed by atoms with van der Waals surface area (Å²) in [5, 5.41) is 0.714. The van der Waals surface area contributed by atoms with Crippen LogP contribution >= 0.6 is 23.2 Å². The van der Waals surface area contributed by atoms with E-state index in [2.05, 4.69) is 24.1 Å². The lowest BCUT2D eigenvalue weighted by atomic mass is 9.99. The highest BCUT2D eigenvalue weighted by molar-refractivity contribution is 6.31. The molecule has 0 radical (unpaired) electrons. The maximum atomic E-state index is 6.36. The van der Waals surface area contributed by atoms with Gasteiger partial charge in [-0.3, -0.25) is 4.99 Å². The molecule has 1 aliphatic rings. The zero-order chi connectivity index (χ0) is 14.8. The third kappa shape index (κ3) is 3.07. The molecule has 1 aliphatic heterocycles. The van der Waals surface area contributed by atoms with Gasteiger partial charge in [0.2, 0.25) is 0 Å². The van der Waals surface area contributed by atoms with E-state index >= 15 is 0 Å². The summed E-state index contributed by atoms with van der Waals surface area (Å²) in [6.45, 7) is 1.36. The molecule has 2 aromatic rings. The van der Waals surface area contributed by atoms with Crippen LogP contribution in [0.4, 0.5) is 5.69 Å². The first kappa shape index (κ1) is 14.4. The average molecular weight is 319 g/mol. The number of alkyl halides is 1. The van der Waals surface area contributed by atoms with E-state index in [0.717, 1.165) is 29.1 Å². The third-order valence-electron chi connectivity index (χ3n) is 3.59. The van der Waals surface area contributed by atoms with Gasteiger partial charge in [-0.1, -0.05) is 41.9 Å². The molecule has 0 aromatic heterocycles. The van der Waals surface area contributed by atoms with Crippen molar-refractivity contribution >= 4 is 34.6 Å². The molecule has 2 aromatic carbocycles. The van der Waals surface area contributed by atoms with Crippen molar-refractivity contribution < 1.29 is 0 Å². The summed E-state index contributed by atoms with van der Waals surface area (Å²) >= 11 is 12.6. The Bertz CT molecular complexity index is 668. The van der Waals surface area contributed by atoms with Gasteiger partial charge in [0.1, 0.15) is 0 Å². The molecule has 0 bridgehead atoms. The van der Waals surface area contributed by atoms with Crippen LogP contribution in [-0.4, -0.2) is 31.2 Å². The Morgan fingerprint density at radius 3 is 2.67 bits per heavy atom. The molecule has 3 rings (SSSR count). The first-order valence-electron chi connectivity index (χ1n) is 6.90. The van der Waals surface area contributed by atoms with Gasteiger partial charge in [0.05, 0.1) is 17.6 Å². The molecule has 4 heteroatoms. The lowest BCUT2D eigenvalue weighted by Crippen LogP contribution is -2.31. The molecule has 1 heterocycles. The fourth-order valence-electron chi connectivity index (χ4n) is 2.60. The maximum absolute atomic E-state index is 6.36. The highest BCUT2D eigenvalue weighted by atomic mass is 35.5. The summed E-state index contributed by atoms with van der Waals surface area (Å²) in [6.07, 6.45) is 0. The molecule has 0 saturated heterocycles. The summed E-state index contributed by atoms with van der Waals surface area (Å²) in [6, 6.07) is 16.1. The van der Waals surface area contributed by atoms with Crippen LogP contribution in [-0.2, 0) is 0 Å². The number of anilines is 1. The van der Waals surface area contributed by atoms with Crippen LogP contribution in [0.3, 0.4) is 0 Å². The molecule has 0 aliphatic carbocycles. The monoisotopic (exact) mass is 318 g/mol. The fraction of sp³-hybridized carbons (Fsp3) is 0.235. The van der Waals surface area contributed by atoms with Crippen molar-refractivity contribution in [2.75, 3.05) is 25.0 Å². The fourth-order valence-corrected chi connectivity index (χ4v) is 3.05. The first-order chi connectivity index (χ1) is 10.1. The Labute approximate surface area is 135 Å². The predicted molar refractivity (Wildman–Crippen MR) is 91.3 cm³/mol. The van der Waals surface area contributed by atoms with Gasteiger partial charge in [0.25, 0.3) is 0 Å². The Kier molecular flexibility index (Phi) is 4.18. The van der Waals surface area contributed by atoms with Gasteiger partial charge in [-0.05, 0) is 18.2 Å². The summed E-state index contributed by atoms with van der Waals surface area (Å²) in [5.74, 6) is 0. The number of halogens is 2. The number of nitrogens with zero attached hydrogens (tertiary/aromatic N) is 2. The molecule has 108 valence electrons. The van der Waals surface area contributed by atoms with E-state index in [9.17, 15) is 0 Å². The molecule has 0 amide bonds. The second-order valence-corrected chi connectivity index (χ2v) is 6.25. The number of aliphatic imine (C=N–C) groups is 1. The molecule has 21 heavy (non-hydrogen) atoms. The molecule has 0 saturated carbocycles. The van der Waals surface area contributed by atoms with E-state index in [1.54, 1.807) is 0 Å². The lowest BCUT2D eigenvalue weighted by molar-refractivity contribution is 0.798. The topological polar surface area (TPSA) is 15.6 Å². The van der Waals surface area contributed by atoms with Gasteiger partial charge in [-0.2, -0.15) is 0 Å². The van der Waals surface area contributed by atoms with Gasteiger partial charge in [0.15, 0.2) is 0 Å². The molecule has 0 fully saturated rings. The van der Waals surface area contributed by atoms with Crippen molar-refractivity contribution in [1.29, 1.82) is 0 Å². The molecule has 0 N–H and O–H groups in total. The van der Waals surface area contributed by atoms with Crippen molar-refractivity contribution in [2.24, 2.45) is 4.99 Å². The second-order valence-electron chi connectivity index (χ2n) is 5.19. The van der Waals surface area contributed by atoms with Crippen molar-refractivity contribution in [1.82, 2.24) is 0 Å². The van der Waals surface area contributed by atoms with Gasteiger partial charge in [-0.15, -0.1) is 11.6 Å². The first-order valence-corrected chi connectivity index (χ1v) is 7.71. The second kappa shape index (κ2) is 6.08. The van der Waals surface area contributed by atoms with E-state index in [-0.39, 0.29) is 5.38 Å². The SMILES string of the molecule is CN1CC(Cl)C/N=C(/c2ccccc2)c2cc(Cl)ccc21. The molecular formula is C17H16Cl2N2. The van der Waals surface area contributed by atoms with Crippen LogP contribution in [0.2, 0.25) is 5.02 Å². The minimum absolute atomic E-state index is 0.00228. The summed E-state index contributed by atoms with van der Waals surface area (Å²) in [7, 11) is 2.05. The van der Waals surface area contributed by atoms with Crippen LogP contribution in [0.15, 0.2) is 53.5 Å².